The van der Waals surface area contributed by atoms with Gasteiger partial charge in [-0.25, -0.2) is 9.37 Å². The average molecular weight is 607 g/mol. The number of pyridine rings is 1. The monoisotopic (exact) mass is 606 g/mol. The maximum atomic E-state index is 14.8. The lowest BCUT2D eigenvalue weighted by Crippen LogP contribution is -2.35. The Balaban J connectivity index is 1.08. The molecule has 43 heavy (non-hydrogen) atoms. The third-order valence-electron chi connectivity index (χ3n) is 8.68. The van der Waals surface area contributed by atoms with E-state index in [4.69, 9.17) is 41.4 Å². The number of amidine groups is 1. The normalized spacial score (nSPS) is 22.1. The number of likely N-dealkylation sites (tertiary alicyclic amines) is 1. The molecule has 0 unspecified atom stereocenters. The minimum atomic E-state index is -1.28. The second kappa shape index (κ2) is 11.1. The smallest absolute Gasteiger partial charge is 0.278 e. The molecule has 2 fully saturated rings. The van der Waals surface area contributed by atoms with Gasteiger partial charge in [-0.1, -0.05) is 23.7 Å². The fraction of sp³-hybridized carbons (Fsp3) is 0.387. The first kappa shape index (κ1) is 28.0. The number of imidazole rings is 1. The van der Waals surface area contributed by atoms with Crippen molar-refractivity contribution < 1.29 is 23.8 Å². The molecule has 3 aliphatic rings. The maximum Gasteiger partial charge on any atom is 0.278 e. The SMILES string of the molecule is C[C@]1(c2ccc(Cl)cc2F)Oc2cccc(C3CCN(Cc4nc5cc(C(=N)NO)ncc5n4C[C@@H]4CCO4)CC3)c2O1. The second-order valence-corrected chi connectivity index (χ2v) is 11.9. The number of ether oxygens (including phenoxy) is 3. The van der Waals surface area contributed by atoms with Crippen LogP contribution in [0.4, 0.5) is 4.39 Å². The highest BCUT2D eigenvalue weighted by Crippen LogP contribution is 2.49. The van der Waals surface area contributed by atoms with Crippen molar-refractivity contribution >= 4 is 28.5 Å². The first-order valence-corrected chi connectivity index (χ1v) is 14.8. The van der Waals surface area contributed by atoms with Crippen LogP contribution in [0.1, 0.15) is 54.7 Å². The molecular formula is C31H32ClFN6O4. The largest absolute Gasteiger partial charge is 0.444 e. The van der Waals surface area contributed by atoms with E-state index < -0.39 is 11.6 Å². The molecule has 0 bridgehead atoms. The van der Waals surface area contributed by atoms with Crippen LogP contribution in [-0.2, 0) is 23.6 Å². The molecule has 0 amide bonds. The molecule has 4 aromatic rings. The third-order valence-corrected chi connectivity index (χ3v) is 8.92. The molecule has 0 saturated carbocycles. The van der Waals surface area contributed by atoms with Gasteiger partial charge in [0.1, 0.15) is 17.3 Å². The van der Waals surface area contributed by atoms with Crippen LogP contribution in [0.25, 0.3) is 11.0 Å². The van der Waals surface area contributed by atoms with Crippen molar-refractivity contribution in [1.82, 2.24) is 24.9 Å². The van der Waals surface area contributed by atoms with E-state index >= 15 is 0 Å². The van der Waals surface area contributed by atoms with Crippen molar-refractivity contribution in [3.8, 4) is 11.5 Å². The van der Waals surface area contributed by atoms with Gasteiger partial charge in [0.05, 0.1) is 42.0 Å². The number of halogens is 2. The number of rotatable bonds is 7. The Morgan fingerprint density at radius 3 is 2.72 bits per heavy atom. The zero-order chi connectivity index (χ0) is 29.7. The molecule has 5 heterocycles. The number of hydrogen-bond acceptors (Lipinski definition) is 8. The lowest BCUT2D eigenvalue weighted by molar-refractivity contribution is -0.0712. The summed E-state index contributed by atoms with van der Waals surface area (Å²) >= 11 is 5.97. The van der Waals surface area contributed by atoms with Gasteiger partial charge in [-0.2, -0.15) is 0 Å². The summed E-state index contributed by atoms with van der Waals surface area (Å²) in [6, 6.07) is 12.1. The van der Waals surface area contributed by atoms with E-state index in [9.17, 15) is 4.39 Å². The molecule has 3 aliphatic heterocycles. The zero-order valence-electron chi connectivity index (χ0n) is 23.6. The lowest BCUT2D eigenvalue weighted by Gasteiger charge is -2.33. The highest BCUT2D eigenvalue weighted by molar-refractivity contribution is 6.30. The molecule has 224 valence electrons. The number of para-hydroxylation sites is 1. The number of piperidine rings is 1. The van der Waals surface area contributed by atoms with Crippen LogP contribution in [0.2, 0.25) is 5.02 Å². The molecule has 2 aromatic heterocycles. The molecule has 12 heteroatoms. The van der Waals surface area contributed by atoms with Gasteiger partial charge in [-0.15, -0.1) is 0 Å². The van der Waals surface area contributed by atoms with Crippen molar-refractivity contribution in [3.05, 3.63) is 82.1 Å². The number of hydrogen-bond donors (Lipinski definition) is 3. The Morgan fingerprint density at radius 2 is 2.00 bits per heavy atom. The Hall–Kier alpha value is -3.77. The first-order chi connectivity index (χ1) is 20.8. The number of fused-ring (bicyclic) bond motifs is 2. The van der Waals surface area contributed by atoms with Crippen molar-refractivity contribution in [1.29, 1.82) is 5.41 Å². The predicted molar refractivity (Wildman–Crippen MR) is 157 cm³/mol. The predicted octanol–water partition coefficient (Wildman–Crippen LogP) is 5.34. The summed E-state index contributed by atoms with van der Waals surface area (Å²) in [6.45, 7) is 5.59. The Morgan fingerprint density at radius 1 is 1.19 bits per heavy atom. The van der Waals surface area contributed by atoms with E-state index in [2.05, 4.69) is 20.5 Å². The molecular weight excluding hydrogens is 575 g/mol. The minimum absolute atomic E-state index is 0.147. The number of benzene rings is 2. The van der Waals surface area contributed by atoms with Crippen LogP contribution in [-0.4, -0.2) is 56.3 Å². The van der Waals surface area contributed by atoms with Gasteiger partial charge in [-0.05, 0) is 68.6 Å². The van der Waals surface area contributed by atoms with Crippen LogP contribution >= 0.6 is 11.6 Å². The number of hydroxylamine groups is 1. The van der Waals surface area contributed by atoms with Crippen LogP contribution in [0, 0.1) is 11.2 Å². The van der Waals surface area contributed by atoms with Crippen LogP contribution in [0.3, 0.4) is 0 Å². The van der Waals surface area contributed by atoms with Gasteiger partial charge in [0.15, 0.2) is 17.3 Å². The van der Waals surface area contributed by atoms with E-state index in [0.29, 0.717) is 40.9 Å². The Bertz CT molecular complexity index is 1700. The molecule has 7 rings (SSSR count). The van der Waals surface area contributed by atoms with Gasteiger partial charge in [0.25, 0.3) is 5.79 Å². The second-order valence-electron chi connectivity index (χ2n) is 11.5. The van der Waals surface area contributed by atoms with E-state index in [0.717, 1.165) is 61.4 Å². The van der Waals surface area contributed by atoms with Gasteiger partial charge in [0, 0.05) is 24.1 Å². The van der Waals surface area contributed by atoms with Gasteiger partial charge >= 0.3 is 0 Å². The van der Waals surface area contributed by atoms with Crippen molar-refractivity contribution in [2.75, 3.05) is 19.7 Å². The van der Waals surface area contributed by atoms with Gasteiger partial charge in [-0.3, -0.25) is 26.0 Å². The average Bonchev–Trinajstić information content (AvgIpc) is 3.50. The number of aromatic nitrogens is 3. The fourth-order valence-electron chi connectivity index (χ4n) is 6.26. The number of nitrogens with one attached hydrogen (secondary N) is 2. The summed E-state index contributed by atoms with van der Waals surface area (Å²) in [5.74, 6) is 0.540. The standard InChI is InChI=1S/C31H32ClFN6O4/c1-31(22-6-5-19(32)13-23(22)33)42-27-4-2-3-21(29(27)43-31)18-7-10-38(11-8-18)17-28-36-24-14-25(30(34)37-40)35-15-26(24)39(28)16-20-9-12-41-20/h2-6,13-15,18,20,40H,7-12,16-17H2,1H3,(H2,34,37)/t20-,31-/m0/s1. The third kappa shape index (κ3) is 5.20. The number of nitrogens with zero attached hydrogens (tertiary/aromatic N) is 4. The molecule has 3 N–H and O–H groups in total. The lowest BCUT2D eigenvalue weighted by atomic mass is 9.88. The molecule has 0 spiro atoms. The molecule has 0 radical (unpaired) electrons. The van der Waals surface area contributed by atoms with Crippen LogP contribution in [0.5, 0.6) is 11.5 Å². The first-order valence-electron chi connectivity index (χ1n) is 14.5. The van der Waals surface area contributed by atoms with Crippen LogP contribution in [0.15, 0.2) is 48.7 Å². The van der Waals surface area contributed by atoms with E-state index in [1.54, 1.807) is 31.3 Å². The summed E-state index contributed by atoms with van der Waals surface area (Å²) in [4.78, 5) is 11.7. The zero-order valence-corrected chi connectivity index (χ0v) is 24.4. The van der Waals surface area contributed by atoms with Crippen LogP contribution < -0.4 is 15.0 Å². The summed E-state index contributed by atoms with van der Waals surface area (Å²) in [7, 11) is 0. The van der Waals surface area contributed by atoms with Gasteiger partial charge < -0.3 is 18.8 Å². The van der Waals surface area contributed by atoms with E-state index in [-0.39, 0.29) is 17.9 Å². The molecule has 0 aliphatic carbocycles. The summed E-state index contributed by atoms with van der Waals surface area (Å²) in [5, 5.41) is 17.3. The van der Waals surface area contributed by atoms with Crippen molar-refractivity contribution in [3.63, 3.8) is 0 Å². The summed E-state index contributed by atoms with van der Waals surface area (Å²) in [5.41, 5.74) is 5.16. The van der Waals surface area contributed by atoms with Crippen molar-refractivity contribution in [2.45, 2.75) is 57.1 Å². The quantitative estimate of drug-likeness (QED) is 0.147. The van der Waals surface area contributed by atoms with Crippen molar-refractivity contribution in [2.24, 2.45) is 0 Å². The van der Waals surface area contributed by atoms with E-state index in [1.165, 1.54) is 6.07 Å². The topological polar surface area (TPSA) is 118 Å². The highest BCUT2D eigenvalue weighted by atomic mass is 35.5. The maximum absolute atomic E-state index is 14.8. The Kier molecular flexibility index (Phi) is 7.21. The molecule has 2 atom stereocenters. The highest BCUT2D eigenvalue weighted by Gasteiger charge is 2.43. The van der Waals surface area contributed by atoms with Gasteiger partial charge in [0.2, 0.25) is 0 Å². The fourth-order valence-corrected chi connectivity index (χ4v) is 6.42. The molecule has 2 saturated heterocycles. The Labute approximate surface area is 252 Å². The minimum Gasteiger partial charge on any atom is -0.444 e. The summed E-state index contributed by atoms with van der Waals surface area (Å²) in [6.07, 6.45) is 4.70. The molecule has 2 aromatic carbocycles. The summed E-state index contributed by atoms with van der Waals surface area (Å²) < 4.78 is 35.3. The van der Waals surface area contributed by atoms with E-state index in [1.807, 2.05) is 17.6 Å². The molecule has 10 nitrogen and oxygen atoms in total.